The highest BCUT2D eigenvalue weighted by atomic mass is 35.5. The minimum absolute atomic E-state index is 0. The van der Waals surface area contributed by atoms with Crippen LogP contribution < -0.4 is 10.6 Å². The number of rotatable bonds is 10. The first-order chi connectivity index (χ1) is 20.8. The first kappa shape index (κ1) is 36.7. The molecule has 5 rings (SSSR count). The summed E-state index contributed by atoms with van der Waals surface area (Å²) in [6, 6.07) is 25.8. The molecule has 10 heteroatoms. The molecule has 2 aliphatic rings. The zero-order valence-electron chi connectivity index (χ0n) is 25.8. The number of nitrogens with one attached hydrogen (secondary N) is 2. The van der Waals surface area contributed by atoms with Crippen molar-refractivity contribution < 1.29 is 15.1 Å². The van der Waals surface area contributed by atoms with Crippen LogP contribution in [0.4, 0.5) is 4.79 Å². The van der Waals surface area contributed by atoms with Gasteiger partial charge in [-0.05, 0) is 74.0 Å². The number of carbonyl (C=O) groups excluding carboxylic acids is 2. The number of halogens is 3. The second kappa shape index (κ2) is 17.2. The highest BCUT2D eigenvalue weighted by Gasteiger charge is 2.38. The van der Waals surface area contributed by atoms with E-state index in [1.807, 2.05) is 61.6 Å². The van der Waals surface area contributed by atoms with E-state index in [9.17, 15) is 9.59 Å². The Bertz CT molecular complexity index is 1370. The number of hydrogen-bond donors (Lipinski definition) is 2. The quantitative estimate of drug-likeness (QED) is 0.241. The minimum atomic E-state index is -0.397. The molecule has 2 fully saturated rings. The molecule has 3 aromatic carbocycles. The lowest BCUT2D eigenvalue weighted by Crippen LogP contribution is -2.56. The molecular weight excluding hydrogens is 631 g/mol. The van der Waals surface area contributed by atoms with Crippen molar-refractivity contribution in [2.75, 3.05) is 33.2 Å². The first-order valence-corrected chi connectivity index (χ1v) is 16.2. The van der Waals surface area contributed by atoms with Gasteiger partial charge in [0.15, 0.2) is 0 Å². The summed E-state index contributed by atoms with van der Waals surface area (Å²) in [5, 5.41) is 7.67. The smallest absolute Gasteiger partial charge is 0.315 e. The van der Waals surface area contributed by atoms with Crippen LogP contribution in [0.15, 0.2) is 78.9 Å². The molecule has 1 atom stereocenters. The summed E-state index contributed by atoms with van der Waals surface area (Å²) in [6.07, 6.45) is 7.01. The van der Waals surface area contributed by atoms with E-state index >= 15 is 0 Å². The summed E-state index contributed by atoms with van der Waals surface area (Å²) in [4.78, 5) is 30.6. The third kappa shape index (κ3) is 9.60. The molecular formula is C35H45Cl3N4O3. The molecule has 4 N–H and O–H groups in total. The van der Waals surface area contributed by atoms with Gasteiger partial charge in [0.2, 0.25) is 0 Å². The second-order valence-electron chi connectivity index (χ2n) is 12.1. The fraction of sp³-hybridized carbons (Fsp3) is 0.429. The van der Waals surface area contributed by atoms with Crippen LogP contribution in [0.1, 0.15) is 72.3 Å². The number of piperidine rings is 1. The van der Waals surface area contributed by atoms with Crippen molar-refractivity contribution in [1.29, 1.82) is 0 Å². The second-order valence-corrected chi connectivity index (χ2v) is 12.9. The topological polar surface area (TPSA) is 96.2 Å². The van der Waals surface area contributed by atoms with Gasteiger partial charge in [0.1, 0.15) is 0 Å². The monoisotopic (exact) mass is 674 g/mol. The van der Waals surface area contributed by atoms with E-state index < -0.39 is 5.54 Å². The number of carbonyl (C=O) groups is 2. The maximum atomic E-state index is 13.2. The number of hydrogen-bond acceptors (Lipinski definition) is 3. The number of nitrogens with zero attached hydrogens (tertiary/aromatic N) is 2. The molecule has 7 nitrogen and oxygen atoms in total. The molecule has 1 unspecified atom stereocenters. The maximum Gasteiger partial charge on any atom is 0.315 e. The highest BCUT2D eigenvalue weighted by Crippen LogP contribution is 2.34. The normalized spacial score (nSPS) is 17.0. The number of likely N-dealkylation sites (N-methyl/N-ethyl adjacent to an activating group) is 1. The van der Waals surface area contributed by atoms with Gasteiger partial charge < -0.3 is 25.9 Å². The fourth-order valence-electron chi connectivity index (χ4n) is 6.59. The largest absolute Gasteiger partial charge is 0.412 e. The number of amides is 3. The molecule has 3 aromatic rings. The molecule has 1 aliphatic carbocycles. The van der Waals surface area contributed by atoms with Crippen LogP contribution in [-0.2, 0) is 5.54 Å². The molecule has 0 radical (unpaired) electrons. The summed E-state index contributed by atoms with van der Waals surface area (Å²) >= 11 is 12.7. The lowest BCUT2D eigenvalue weighted by molar-refractivity contribution is 0.0779. The predicted molar refractivity (Wildman–Crippen MR) is 186 cm³/mol. The van der Waals surface area contributed by atoms with Crippen molar-refractivity contribution >= 4 is 47.5 Å². The van der Waals surface area contributed by atoms with Crippen LogP contribution in [-0.4, -0.2) is 66.5 Å². The average Bonchev–Trinajstić information content (AvgIpc) is 3.54. The van der Waals surface area contributed by atoms with Crippen molar-refractivity contribution in [3.05, 3.63) is 106 Å². The van der Waals surface area contributed by atoms with Crippen molar-refractivity contribution in [2.24, 2.45) is 0 Å². The van der Waals surface area contributed by atoms with Gasteiger partial charge in [-0.3, -0.25) is 4.79 Å². The molecule has 45 heavy (non-hydrogen) atoms. The van der Waals surface area contributed by atoms with Gasteiger partial charge in [0.05, 0.1) is 15.6 Å². The average molecular weight is 676 g/mol. The lowest BCUT2D eigenvalue weighted by Gasteiger charge is -2.43. The molecule has 1 heterocycles. The summed E-state index contributed by atoms with van der Waals surface area (Å²) in [6.45, 7) is 3.17. The third-order valence-electron chi connectivity index (χ3n) is 9.15. The Morgan fingerprint density at radius 1 is 0.933 bits per heavy atom. The Hall–Kier alpha value is -2.81. The predicted octanol–water partition coefficient (Wildman–Crippen LogP) is 7.07. The zero-order valence-corrected chi connectivity index (χ0v) is 28.1. The van der Waals surface area contributed by atoms with E-state index in [1.165, 1.54) is 12.8 Å². The van der Waals surface area contributed by atoms with Gasteiger partial charge in [0.25, 0.3) is 5.91 Å². The Morgan fingerprint density at radius 3 is 2.18 bits per heavy atom. The number of benzene rings is 3. The molecule has 244 valence electrons. The van der Waals surface area contributed by atoms with Crippen molar-refractivity contribution in [2.45, 2.75) is 62.4 Å². The van der Waals surface area contributed by atoms with Crippen LogP contribution in [0.3, 0.4) is 0 Å². The maximum absolute atomic E-state index is 13.2. The van der Waals surface area contributed by atoms with Gasteiger partial charge in [0, 0.05) is 44.2 Å². The van der Waals surface area contributed by atoms with Gasteiger partial charge in [-0.2, -0.15) is 0 Å². The fourth-order valence-corrected chi connectivity index (χ4v) is 6.90. The SMILES string of the molecule is CN(CC(CCN1CCC(NC(=O)NC2CCCC2)(c2ccccc2)CC1)c1ccc(Cl)c(Cl)c1)C(=O)c1ccccc1.Cl.O. The number of urea groups is 1. The van der Waals surface area contributed by atoms with E-state index in [-0.39, 0.29) is 41.8 Å². The van der Waals surface area contributed by atoms with Crippen LogP contribution >= 0.6 is 35.6 Å². The summed E-state index contributed by atoms with van der Waals surface area (Å²) in [5.41, 5.74) is 2.51. The van der Waals surface area contributed by atoms with Gasteiger partial charge in [-0.25, -0.2) is 4.79 Å². The van der Waals surface area contributed by atoms with E-state index in [1.54, 1.807) is 4.90 Å². The van der Waals surface area contributed by atoms with Gasteiger partial charge in [-0.1, -0.05) is 90.6 Å². The third-order valence-corrected chi connectivity index (χ3v) is 9.89. The molecule has 0 bridgehead atoms. The molecule has 1 saturated heterocycles. The van der Waals surface area contributed by atoms with E-state index in [0.717, 1.165) is 62.9 Å². The Labute approximate surface area is 283 Å². The van der Waals surface area contributed by atoms with E-state index in [2.05, 4.69) is 39.8 Å². The van der Waals surface area contributed by atoms with Gasteiger partial charge in [-0.15, -0.1) is 12.4 Å². The summed E-state index contributed by atoms with van der Waals surface area (Å²) < 4.78 is 0. The Kier molecular flexibility index (Phi) is 14.0. The van der Waals surface area contributed by atoms with Crippen LogP contribution in [0.2, 0.25) is 10.0 Å². The van der Waals surface area contributed by atoms with Crippen LogP contribution in [0, 0.1) is 0 Å². The minimum Gasteiger partial charge on any atom is -0.412 e. The highest BCUT2D eigenvalue weighted by molar-refractivity contribution is 6.42. The van der Waals surface area contributed by atoms with E-state index in [4.69, 9.17) is 23.2 Å². The molecule has 0 aromatic heterocycles. The van der Waals surface area contributed by atoms with Crippen molar-refractivity contribution in [3.8, 4) is 0 Å². The molecule has 0 spiro atoms. The van der Waals surface area contributed by atoms with Crippen molar-refractivity contribution in [3.63, 3.8) is 0 Å². The zero-order chi connectivity index (χ0) is 30.2. The van der Waals surface area contributed by atoms with Crippen LogP contribution in [0.25, 0.3) is 0 Å². The summed E-state index contributed by atoms with van der Waals surface area (Å²) in [5.74, 6) is 0.0850. The molecule has 3 amide bonds. The lowest BCUT2D eigenvalue weighted by atomic mass is 9.80. The number of likely N-dealkylation sites (tertiary alicyclic amines) is 1. The van der Waals surface area contributed by atoms with Gasteiger partial charge >= 0.3 is 6.03 Å². The Morgan fingerprint density at radius 2 is 1.56 bits per heavy atom. The van der Waals surface area contributed by atoms with E-state index in [0.29, 0.717) is 22.2 Å². The first-order valence-electron chi connectivity index (χ1n) is 15.4. The van der Waals surface area contributed by atoms with Crippen molar-refractivity contribution in [1.82, 2.24) is 20.4 Å². The standard InChI is InChI=1S/C35H42Cl2N4O2.ClH.H2O/c1-40(33(42)26-10-4-2-5-11-26)25-28(27-16-17-31(36)32(37)24-27)18-21-41-22-19-35(20-23-41,29-12-6-3-7-13-29)39-34(43)38-30-14-8-9-15-30;;/h2-7,10-13,16-17,24,28,30H,8-9,14-15,18-23,25H2,1H3,(H2,38,39,43);1H;1H2. The van der Waals surface area contributed by atoms with Crippen LogP contribution in [0.5, 0.6) is 0 Å². The summed E-state index contributed by atoms with van der Waals surface area (Å²) in [7, 11) is 1.86. The Balaban J connectivity index is 0.00000276. The molecule has 1 aliphatic heterocycles. The molecule has 1 saturated carbocycles.